The zero-order valence-electron chi connectivity index (χ0n) is 10.3. The van der Waals surface area contributed by atoms with Crippen molar-refractivity contribution in [1.82, 2.24) is 4.72 Å². The zero-order chi connectivity index (χ0) is 13.0. The maximum Gasteiger partial charge on any atom is 0.240 e. The lowest BCUT2D eigenvalue weighted by atomic mass is 10.1. The third-order valence-electron chi connectivity index (χ3n) is 3.23. The lowest BCUT2D eigenvalue weighted by molar-refractivity contribution is 0.578. The molecule has 0 aromatic heterocycles. The van der Waals surface area contributed by atoms with Gasteiger partial charge in [0, 0.05) is 12.4 Å². The van der Waals surface area contributed by atoms with E-state index in [1.807, 2.05) is 12.1 Å². The molecule has 0 fully saturated rings. The van der Waals surface area contributed by atoms with Crippen LogP contribution >= 0.6 is 11.6 Å². The number of rotatable bonds is 6. The van der Waals surface area contributed by atoms with Crippen LogP contribution in [0.15, 0.2) is 23.1 Å². The molecule has 0 radical (unpaired) electrons. The Kier molecular flexibility index (Phi) is 4.65. The normalized spacial score (nSPS) is 14.7. The Hall–Kier alpha value is -0.580. The molecule has 1 N–H and O–H groups in total. The molecule has 100 valence electrons. The number of nitrogens with one attached hydrogen (secondary N) is 1. The SMILES string of the molecule is O=S(=O)(NCCCCCl)c1ccc2c(c1)CCC2. The van der Waals surface area contributed by atoms with Gasteiger partial charge in [-0.2, -0.15) is 0 Å². The van der Waals surface area contributed by atoms with Gasteiger partial charge in [-0.25, -0.2) is 13.1 Å². The highest BCUT2D eigenvalue weighted by Gasteiger charge is 2.17. The minimum absolute atomic E-state index is 0.383. The third-order valence-corrected chi connectivity index (χ3v) is 4.96. The van der Waals surface area contributed by atoms with Crippen molar-refractivity contribution in [3.05, 3.63) is 29.3 Å². The van der Waals surface area contributed by atoms with Crippen LogP contribution in [0.2, 0.25) is 0 Å². The van der Waals surface area contributed by atoms with Gasteiger partial charge in [0.2, 0.25) is 10.0 Å². The van der Waals surface area contributed by atoms with Crippen LogP contribution in [-0.4, -0.2) is 20.8 Å². The van der Waals surface area contributed by atoms with Gasteiger partial charge in [0.15, 0.2) is 0 Å². The fraction of sp³-hybridized carbons (Fsp3) is 0.538. The molecule has 0 atom stereocenters. The van der Waals surface area contributed by atoms with Crippen molar-refractivity contribution >= 4 is 21.6 Å². The maximum absolute atomic E-state index is 12.1. The molecule has 18 heavy (non-hydrogen) atoms. The number of unbranched alkanes of at least 4 members (excludes halogenated alkanes) is 1. The summed E-state index contributed by atoms with van der Waals surface area (Å²) in [5, 5.41) is 0. The number of fused-ring (bicyclic) bond motifs is 1. The summed E-state index contributed by atoms with van der Waals surface area (Å²) in [5.74, 6) is 0.570. The van der Waals surface area contributed by atoms with Crippen molar-refractivity contribution in [2.24, 2.45) is 0 Å². The zero-order valence-corrected chi connectivity index (χ0v) is 11.9. The average molecular weight is 288 g/mol. The Labute approximate surface area is 114 Å². The van der Waals surface area contributed by atoms with Crippen molar-refractivity contribution in [1.29, 1.82) is 0 Å². The number of alkyl halides is 1. The van der Waals surface area contributed by atoms with E-state index < -0.39 is 10.0 Å². The standard InChI is InChI=1S/C13H18ClNO2S/c14-8-1-2-9-15-18(16,17)13-7-6-11-4-3-5-12(11)10-13/h6-7,10,15H,1-5,8-9H2. The van der Waals surface area contributed by atoms with E-state index >= 15 is 0 Å². The van der Waals surface area contributed by atoms with Gasteiger partial charge in [-0.15, -0.1) is 11.6 Å². The van der Waals surface area contributed by atoms with E-state index in [2.05, 4.69) is 4.72 Å². The molecule has 0 saturated heterocycles. The van der Waals surface area contributed by atoms with E-state index in [0.29, 0.717) is 17.3 Å². The first-order valence-corrected chi connectivity index (χ1v) is 8.33. The Morgan fingerprint density at radius 3 is 2.72 bits per heavy atom. The second kappa shape index (κ2) is 6.04. The van der Waals surface area contributed by atoms with E-state index in [9.17, 15) is 8.42 Å². The first-order valence-electron chi connectivity index (χ1n) is 6.31. The highest BCUT2D eigenvalue weighted by molar-refractivity contribution is 7.89. The molecular weight excluding hydrogens is 270 g/mol. The molecule has 1 aromatic rings. The number of halogens is 1. The second-order valence-corrected chi connectivity index (χ2v) is 6.72. The summed E-state index contributed by atoms with van der Waals surface area (Å²) in [6.07, 6.45) is 4.79. The summed E-state index contributed by atoms with van der Waals surface area (Å²) >= 11 is 5.56. The van der Waals surface area contributed by atoms with Crippen LogP contribution in [-0.2, 0) is 22.9 Å². The molecule has 3 nitrogen and oxygen atoms in total. The Bertz CT molecular complexity index is 514. The number of sulfonamides is 1. The molecule has 5 heteroatoms. The van der Waals surface area contributed by atoms with Gasteiger partial charge in [-0.1, -0.05) is 6.07 Å². The fourth-order valence-electron chi connectivity index (χ4n) is 2.22. The van der Waals surface area contributed by atoms with Gasteiger partial charge in [0.25, 0.3) is 0 Å². The summed E-state index contributed by atoms with van der Waals surface area (Å²) < 4.78 is 26.7. The van der Waals surface area contributed by atoms with Crippen LogP contribution in [0.25, 0.3) is 0 Å². The smallest absolute Gasteiger partial charge is 0.211 e. The van der Waals surface area contributed by atoms with Gasteiger partial charge in [-0.05, 0) is 55.4 Å². The summed E-state index contributed by atoms with van der Waals surface area (Å²) in [6.45, 7) is 0.451. The van der Waals surface area contributed by atoms with Gasteiger partial charge >= 0.3 is 0 Å². The van der Waals surface area contributed by atoms with Crippen molar-refractivity contribution in [2.45, 2.75) is 37.0 Å². The first kappa shape index (κ1) is 13.8. The third kappa shape index (κ3) is 3.25. The van der Waals surface area contributed by atoms with Crippen molar-refractivity contribution < 1.29 is 8.42 Å². The van der Waals surface area contributed by atoms with Gasteiger partial charge in [0.1, 0.15) is 0 Å². The lowest BCUT2D eigenvalue weighted by Crippen LogP contribution is -2.25. The quantitative estimate of drug-likeness (QED) is 0.645. The van der Waals surface area contributed by atoms with Crippen LogP contribution < -0.4 is 4.72 Å². The Morgan fingerprint density at radius 2 is 1.94 bits per heavy atom. The molecule has 2 rings (SSSR count). The molecule has 1 aromatic carbocycles. The molecule has 0 amide bonds. The van der Waals surface area contributed by atoms with Gasteiger partial charge < -0.3 is 0 Å². The number of hydrogen-bond acceptors (Lipinski definition) is 2. The predicted octanol–water partition coefficient (Wildman–Crippen LogP) is 2.47. The molecule has 0 aliphatic heterocycles. The molecule has 1 aliphatic carbocycles. The monoisotopic (exact) mass is 287 g/mol. The Balaban J connectivity index is 2.05. The van der Waals surface area contributed by atoms with Crippen LogP contribution in [0.3, 0.4) is 0 Å². The molecule has 0 saturated carbocycles. The predicted molar refractivity (Wildman–Crippen MR) is 73.6 cm³/mol. The van der Waals surface area contributed by atoms with Crippen molar-refractivity contribution in [2.75, 3.05) is 12.4 Å². The van der Waals surface area contributed by atoms with Gasteiger partial charge in [0.05, 0.1) is 4.90 Å². The fourth-order valence-corrected chi connectivity index (χ4v) is 3.54. The van der Waals surface area contributed by atoms with Crippen LogP contribution in [0.4, 0.5) is 0 Å². The summed E-state index contributed by atoms with van der Waals surface area (Å²) in [6, 6.07) is 5.45. The summed E-state index contributed by atoms with van der Waals surface area (Å²) in [4.78, 5) is 0.383. The van der Waals surface area contributed by atoms with Crippen molar-refractivity contribution in [3.8, 4) is 0 Å². The summed E-state index contributed by atoms with van der Waals surface area (Å²) in [5.41, 5.74) is 2.47. The van der Waals surface area contributed by atoms with E-state index in [0.717, 1.165) is 32.1 Å². The van der Waals surface area contributed by atoms with E-state index in [4.69, 9.17) is 11.6 Å². The number of aryl methyl sites for hydroxylation is 2. The topological polar surface area (TPSA) is 46.2 Å². The van der Waals surface area contributed by atoms with E-state index in [1.54, 1.807) is 6.07 Å². The molecule has 0 spiro atoms. The number of hydrogen-bond donors (Lipinski definition) is 1. The molecule has 0 heterocycles. The minimum atomic E-state index is -3.36. The molecular formula is C13H18ClNO2S. The highest BCUT2D eigenvalue weighted by Crippen LogP contribution is 2.24. The minimum Gasteiger partial charge on any atom is -0.211 e. The second-order valence-electron chi connectivity index (χ2n) is 4.58. The van der Waals surface area contributed by atoms with Gasteiger partial charge in [-0.3, -0.25) is 0 Å². The molecule has 0 bridgehead atoms. The van der Waals surface area contributed by atoms with Crippen molar-refractivity contribution in [3.63, 3.8) is 0 Å². The van der Waals surface area contributed by atoms with Crippen LogP contribution in [0.5, 0.6) is 0 Å². The van der Waals surface area contributed by atoms with E-state index in [-0.39, 0.29) is 0 Å². The molecule has 0 unspecified atom stereocenters. The average Bonchev–Trinajstić information content (AvgIpc) is 2.82. The largest absolute Gasteiger partial charge is 0.240 e. The number of benzene rings is 1. The first-order chi connectivity index (χ1) is 8.63. The maximum atomic E-state index is 12.1. The Morgan fingerprint density at radius 1 is 1.17 bits per heavy atom. The van der Waals surface area contributed by atoms with Crippen LogP contribution in [0.1, 0.15) is 30.4 Å². The van der Waals surface area contributed by atoms with E-state index in [1.165, 1.54) is 11.1 Å². The lowest BCUT2D eigenvalue weighted by Gasteiger charge is -2.08. The summed E-state index contributed by atoms with van der Waals surface area (Å²) in [7, 11) is -3.36. The molecule has 1 aliphatic rings. The van der Waals surface area contributed by atoms with Crippen LogP contribution in [0, 0.1) is 0 Å². The highest BCUT2D eigenvalue weighted by atomic mass is 35.5.